The fraction of sp³-hybridized carbons (Fsp3) is 0.538. The molecule has 3 rings (SSSR count). The number of hydrogen-bond donors (Lipinski definition) is 1. The van der Waals surface area contributed by atoms with Crippen LogP contribution in [0.4, 0.5) is 0 Å². The number of nitrogens with one attached hydrogen (secondary N) is 1. The average Bonchev–Trinajstić information content (AvgIpc) is 2.95. The van der Waals surface area contributed by atoms with Crippen LogP contribution >= 0.6 is 0 Å². The number of carbonyl (C=O) groups is 2. The zero-order chi connectivity index (χ0) is 14.1. The maximum atomic E-state index is 12.3. The van der Waals surface area contributed by atoms with E-state index in [0.29, 0.717) is 32.1 Å². The van der Waals surface area contributed by atoms with Crippen molar-refractivity contribution in [2.75, 3.05) is 39.8 Å². The summed E-state index contributed by atoms with van der Waals surface area (Å²) in [6, 6.07) is 2.95. The normalized spacial score (nSPS) is 23.1. The van der Waals surface area contributed by atoms with E-state index in [4.69, 9.17) is 9.15 Å². The second-order valence-electron chi connectivity index (χ2n) is 4.92. The van der Waals surface area contributed by atoms with Gasteiger partial charge in [0.15, 0.2) is 5.76 Å². The molecule has 0 aliphatic carbocycles. The van der Waals surface area contributed by atoms with Crippen molar-refractivity contribution in [3.8, 4) is 5.95 Å². The van der Waals surface area contributed by atoms with Gasteiger partial charge < -0.3 is 19.4 Å². The Kier molecular flexibility index (Phi) is 3.35. The van der Waals surface area contributed by atoms with Gasteiger partial charge in [0.2, 0.25) is 5.91 Å². The highest BCUT2D eigenvalue weighted by Crippen LogP contribution is 2.19. The molecular formula is C13H17N3O4. The van der Waals surface area contributed by atoms with Crippen LogP contribution in [0.15, 0.2) is 16.5 Å². The molecule has 2 fully saturated rings. The highest BCUT2D eigenvalue weighted by atomic mass is 16.6. The molecule has 3 heterocycles. The molecule has 0 unspecified atom stereocenters. The first kappa shape index (κ1) is 13.0. The van der Waals surface area contributed by atoms with Gasteiger partial charge in [0, 0.05) is 38.8 Å². The fourth-order valence-corrected chi connectivity index (χ4v) is 2.66. The van der Waals surface area contributed by atoms with Crippen LogP contribution in [0.2, 0.25) is 0 Å². The lowest BCUT2D eigenvalue weighted by molar-refractivity contribution is -0.131. The summed E-state index contributed by atoms with van der Waals surface area (Å²) in [5, 5.41) is 2.83. The van der Waals surface area contributed by atoms with E-state index in [9.17, 15) is 9.59 Å². The first-order valence-corrected chi connectivity index (χ1v) is 6.64. The van der Waals surface area contributed by atoms with E-state index in [2.05, 4.69) is 10.2 Å². The van der Waals surface area contributed by atoms with Crippen molar-refractivity contribution in [1.82, 2.24) is 15.1 Å². The number of amides is 2. The molecule has 1 aromatic rings. The van der Waals surface area contributed by atoms with Crippen LogP contribution in [0.1, 0.15) is 10.6 Å². The van der Waals surface area contributed by atoms with Gasteiger partial charge in [-0.3, -0.25) is 14.5 Å². The smallest absolute Gasteiger partial charge is 0.289 e. The molecule has 2 saturated heterocycles. The average molecular weight is 279 g/mol. The molecule has 0 saturated carbocycles. The quantitative estimate of drug-likeness (QED) is 0.793. The summed E-state index contributed by atoms with van der Waals surface area (Å²) in [7, 11) is 1.48. The molecule has 7 heteroatoms. The number of nitrogens with zero attached hydrogens (tertiary/aromatic N) is 2. The largest absolute Gasteiger partial charge is 0.468 e. The predicted octanol–water partition coefficient (Wildman–Crippen LogP) is -0.456. The first-order valence-electron chi connectivity index (χ1n) is 6.64. The summed E-state index contributed by atoms with van der Waals surface area (Å²) in [5.41, 5.74) is 0. The Labute approximate surface area is 116 Å². The van der Waals surface area contributed by atoms with E-state index >= 15 is 0 Å². The predicted molar refractivity (Wildman–Crippen MR) is 69.5 cm³/mol. The van der Waals surface area contributed by atoms with Crippen molar-refractivity contribution in [1.29, 1.82) is 0 Å². The fourth-order valence-electron chi connectivity index (χ4n) is 2.66. The molecule has 1 aromatic heterocycles. The number of hydrogen-bond acceptors (Lipinski definition) is 5. The van der Waals surface area contributed by atoms with Crippen molar-refractivity contribution in [3.63, 3.8) is 0 Å². The van der Waals surface area contributed by atoms with Crippen LogP contribution in [0.25, 0.3) is 0 Å². The van der Waals surface area contributed by atoms with Crippen molar-refractivity contribution in [3.05, 3.63) is 17.9 Å². The third-order valence-electron chi connectivity index (χ3n) is 3.77. The van der Waals surface area contributed by atoms with Gasteiger partial charge in [-0.15, -0.1) is 0 Å². The third kappa shape index (κ3) is 2.24. The lowest BCUT2D eigenvalue weighted by Gasteiger charge is -2.42. The van der Waals surface area contributed by atoms with Crippen LogP contribution < -0.4 is 10.1 Å². The number of rotatable bonds is 2. The molecule has 2 aliphatic heterocycles. The minimum atomic E-state index is -0.252. The van der Waals surface area contributed by atoms with Gasteiger partial charge in [-0.25, -0.2) is 0 Å². The second kappa shape index (κ2) is 5.16. The Morgan fingerprint density at radius 3 is 3.00 bits per heavy atom. The number of piperazine rings is 2. The van der Waals surface area contributed by atoms with E-state index in [-0.39, 0.29) is 23.6 Å². The topological polar surface area (TPSA) is 75.0 Å². The van der Waals surface area contributed by atoms with Crippen LogP contribution in [0.3, 0.4) is 0 Å². The molecule has 20 heavy (non-hydrogen) atoms. The molecule has 1 atom stereocenters. The zero-order valence-electron chi connectivity index (χ0n) is 11.3. The maximum absolute atomic E-state index is 12.3. The number of methoxy groups -OCH3 is 1. The molecular weight excluding hydrogens is 262 g/mol. The molecule has 2 amide bonds. The Balaban J connectivity index is 1.71. The second-order valence-corrected chi connectivity index (χ2v) is 4.92. The van der Waals surface area contributed by atoms with Crippen LogP contribution in [-0.4, -0.2) is 67.5 Å². The number of ether oxygens (including phenoxy) is 1. The van der Waals surface area contributed by atoms with E-state index in [0.717, 1.165) is 6.54 Å². The summed E-state index contributed by atoms with van der Waals surface area (Å²) in [5.74, 6) is 0.339. The molecule has 2 aliphatic rings. The minimum absolute atomic E-state index is 0.00854. The molecule has 7 nitrogen and oxygen atoms in total. The van der Waals surface area contributed by atoms with Crippen LogP contribution in [-0.2, 0) is 4.79 Å². The highest BCUT2D eigenvalue weighted by Gasteiger charge is 2.37. The van der Waals surface area contributed by atoms with Crippen molar-refractivity contribution >= 4 is 11.8 Å². The van der Waals surface area contributed by atoms with Crippen molar-refractivity contribution < 1.29 is 18.7 Å². The molecule has 0 bridgehead atoms. The highest BCUT2D eigenvalue weighted by molar-refractivity contribution is 5.92. The standard InChI is InChI=1S/C13H17N3O4/c1-19-11-3-2-10(20-11)13(18)16-7-6-15-5-4-14-12(17)9(15)8-16/h2-3,9H,4-8H2,1H3,(H,14,17)/t9-/m0/s1. The summed E-state index contributed by atoms with van der Waals surface area (Å²) >= 11 is 0. The van der Waals surface area contributed by atoms with Gasteiger partial charge in [-0.1, -0.05) is 0 Å². The van der Waals surface area contributed by atoms with Gasteiger partial charge in [-0.2, -0.15) is 0 Å². The van der Waals surface area contributed by atoms with E-state index in [1.807, 2.05) is 0 Å². The zero-order valence-corrected chi connectivity index (χ0v) is 11.3. The first-order chi connectivity index (χ1) is 9.69. The van der Waals surface area contributed by atoms with Crippen LogP contribution in [0.5, 0.6) is 5.95 Å². The molecule has 0 radical (unpaired) electrons. The van der Waals surface area contributed by atoms with Gasteiger partial charge in [0.1, 0.15) is 6.04 Å². The molecule has 1 N–H and O–H groups in total. The Hall–Kier alpha value is -2.02. The summed E-state index contributed by atoms with van der Waals surface area (Å²) in [6.45, 7) is 3.23. The third-order valence-corrected chi connectivity index (χ3v) is 3.77. The lowest BCUT2D eigenvalue weighted by atomic mass is 10.1. The van der Waals surface area contributed by atoms with Crippen LogP contribution in [0, 0.1) is 0 Å². The van der Waals surface area contributed by atoms with Gasteiger partial charge in [0.05, 0.1) is 7.11 Å². The van der Waals surface area contributed by atoms with E-state index < -0.39 is 0 Å². The van der Waals surface area contributed by atoms with E-state index in [1.165, 1.54) is 7.11 Å². The summed E-state index contributed by atoms with van der Waals surface area (Å²) in [6.07, 6.45) is 0. The van der Waals surface area contributed by atoms with Gasteiger partial charge >= 0.3 is 0 Å². The summed E-state index contributed by atoms with van der Waals surface area (Å²) in [4.78, 5) is 28.0. The monoisotopic (exact) mass is 279 g/mol. The Morgan fingerprint density at radius 1 is 1.40 bits per heavy atom. The molecule has 0 spiro atoms. The van der Waals surface area contributed by atoms with E-state index in [1.54, 1.807) is 17.0 Å². The van der Waals surface area contributed by atoms with Gasteiger partial charge in [-0.05, 0) is 6.07 Å². The molecule has 108 valence electrons. The maximum Gasteiger partial charge on any atom is 0.289 e. The Bertz CT molecular complexity index is 527. The minimum Gasteiger partial charge on any atom is -0.468 e. The Morgan fingerprint density at radius 2 is 2.25 bits per heavy atom. The molecule has 0 aromatic carbocycles. The number of carbonyl (C=O) groups excluding carboxylic acids is 2. The number of furan rings is 1. The SMILES string of the molecule is COc1ccc(C(=O)N2CCN3CCNC(=O)[C@@H]3C2)o1. The lowest BCUT2D eigenvalue weighted by Crippen LogP contribution is -2.64. The van der Waals surface area contributed by atoms with Crippen molar-refractivity contribution in [2.24, 2.45) is 0 Å². The summed E-state index contributed by atoms with van der Waals surface area (Å²) < 4.78 is 10.2. The van der Waals surface area contributed by atoms with Crippen molar-refractivity contribution in [2.45, 2.75) is 6.04 Å². The van der Waals surface area contributed by atoms with Gasteiger partial charge in [0.25, 0.3) is 11.9 Å². The number of fused-ring (bicyclic) bond motifs is 1.